The third-order valence-electron chi connectivity index (χ3n) is 6.04. The molecular weight excluding hydrogens is 416 g/mol. The fraction of sp³-hybridized carbons (Fsp3) is 1.00. The maximum absolute atomic E-state index is 10.5. The molecule has 11 heteroatoms. The Bertz CT molecular complexity index is 521. The molecule has 0 radical (unpaired) electrons. The summed E-state index contributed by atoms with van der Waals surface area (Å²) in [5, 5.41) is 80.2. The van der Waals surface area contributed by atoms with Gasteiger partial charge in [-0.25, -0.2) is 0 Å². The van der Waals surface area contributed by atoms with E-state index in [0.717, 1.165) is 32.1 Å². The van der Waals surface area contributed by atoms with Crippen molar-refractivity contribution in [2.75, 3.05) is 13.2 Å². The summed E-state index contributed by atoms with van der Waals surface area (Å²) >= 11 is 0. The first-order valence-electron chi connectivity index (χ1n) is 11.0. The minimum atomic E-state index is -2.20. The second kappa shape index (κ2) is 12.1. The van der Waals surface area contributed by atoms with Crippen LogP contribution in [0.2, 0.25) is 0 Å². The molecule has 2 saturated heterocycles. The lowest BCUT2D eigenvalue weighted by atomic mass is 9.98. The monoisotopic (exact) mass is 454 g/mol. The molecule has 0 spiro atoms. The highest BCUT2D eigenvalue weighted by Crippen LogP contribution is 2.37. The summed E-state index contributed by atoms with van der Waals surface area (Å²) < 4.78 is 16.3. The number of hydrogen-bond acceptors (Lipinski definition) is 11. The van der Waals surface area contributed by atoms with Gasteiger partial charge in [0.1, 0.15) is 43.2 Å². The van der Waals surface area contributed by atoms with Crippen molar-refractivity contribution in [3.8, 4) is 0 Å². The molecule has 11 nitrogen and oxygen atoms in total. The molecular formula is C20H38O11. The summed E-state index contributed by atoms with van der Waals surface area (Å²) in [6.45, 7) is 0.499. The molecule has 1 unspecified atom stereocenters. The highest BCUT2D eigenvalue weighted by molar-refractivity contribution is 4.99. The highest BCUT2D eigenvalue weighted by atomic mass is 16.8. The predicted octanol–water partition coefficient (Wildman–Crippen LogP) is -2.28. The van der Waals surface area contributed by atoms with Crippen LogP contribution < -0.4 is 0 Å². The van der Waals surface area contributed by atoms with Gasteiger partial charge in [-0.2, -0.15) is 0 Å². The molecule has 0 amide bonds. The van der Waals surface area contributed by atoms with Crippen LogP contribution in [0, 0.1) is 0 Å². The van der Waals surface area contributed by atoms with Crippen molar-refractivity contribution in [3.63, 3.8) is 0 Å². The van der Waals surface area contributed by atoms with Gasteiger partial charge in [-0.15, -0.1) is 0 Å². The second-order valence-corrected chi connectivity index (χ2v) is 8.47. The Balaban J connectivity index is 1.99. The van der Waals surface area contributed by atoms with Crippen molar-refractivity contribution >= 4 is 0 Å². The fourth-order valence-electron chi connectivity index (χ4n) is 4.04. The van der Waals surface area contributed by atoms with Crippen molar-refractivity contribution < 1.29 is 55.1 Å². The predicted molar refractivity (Wildman–Crippen MR) is 106 cm³/mol. The van der Waals surface area contributed by atoms with E-state index in [0.29, 0.717) is 6.42 Å². The number of unbranched alkanes of at least 4 members (excludes halogenated alkanes) is 4. The van der Waals surface area contributed by atoms with Crippen molar-refractivity contribution in [1.82, 2.24) is 0 Å². The minimum Gasteiger partial charge on any atom is -0.394 e. The third kappa shape index (κ3) is 6.33. The largest absolute Gasteiger partial charge is 0.394 e. The Morgan fingerprint density at radius 1 is 0.871 bits per heavy atom. The van der Waals surface area contributed by atoms with Crippen molar-refractivity contribution in [1.29, 1.82) is 0 Å². The summed E-state index contributed by atoms with van der Waals surface area (Å²) in [6, 6.07) is 0. The topological polar surface area (TPSA) is 190 Å². The van der Waals surface area contributed by atoms with E-state index in [1.807, 2.05) is 0 Å². The molecule has 0 saturated carbocycles. The van der Waals surface area contributed by atoms with E-state index in [2.05, 4.69) is 6.92 Å². The molecule has 0 aromatic rings. The molecule has 0 bridgehead atoms. The molecule has 10 atom stereocenters. The summed E-state index contributed by atoms with van der Waals surface area (Å²) in [5.41, 5.74) is 0. The molecule has 2 fully saturated rings. The van der Waals surface area contributed by atoms with Gasteiger partial charge in [0.05, 0.1) is 18.8 Å². The first-order chi connectivity index (χ1) is 14.7. The summed E-state index contributed by atoms with van der Waals surface area (Å²) in [5.74, 6) is -2.20. The molecule has 0 aromatic carbocycles. The average molecular weight is 455 g/mol. The summed E-state index contributed by atoms with van der Waals surface area (Å²) in [6.07, 6.45) is -7.55. The lowest BCUT2D eigenvalue weighted by molar-refractivity contribution is -0.383. The van der Waals surface area contributed by atoms with E-state index >= 15 is 0 Å². The van der Waals surface area contributed by atoms with E-state index in [1.54, 1.807) is 0 Å². The summed E-state index contributed by atoms with van der Waals surface area (Å²) in [7, 11) is 0. The molecule has 184 valence electrons. The molecule has 0 aromatic heterocycles. The Kier molecular flexibility index (Phi) is 10.5. The standard InChI is InChI=1S/C20H38O11/c1-2-3-4-5-6-7-11(23)8-12-15(25)18(28)20(10-22,30-12)31-19-17(27)16(26)14(24)13(9-21)29-19/h11-19,21-28H,2-10H2,1H3/t11?,12-,13-,14-,15-,16+,17-,18+,19-,20+/m1/s1. The molecule has 2 rings (SSSR count). The van der Waals surface area contributed by atoms with Crippen molar-refractivity contribution in [2.24, 2.45) is 0 Å². The normalized spacial score (nSPS) is 42.1. The average Bonchev–Trinajstić information content (AvgIpc) is 2.98. The van der Waals surface area contributed by atoms with Crippen LogP contribution in [0.25, 0.3) is 0 Å². The number of aliphatic hydroxyl groups excluding tert-OH is 8. The maximum atomic E-state index is 10.5. The fourth-order valence-corrected chi connectivity index (χ4v) is 4.04. The molecule has 0 aliphatic carbocycles. The van der Waals surface area contributed by atoms with Gasteiger partial charge in [-0.3, -0.25) is 0 Å². The van der Waals surface area contributed by atoms with Crippen LogP contribution in [0.5, 0.6) is 0 Å². The van der Waals surface area contributed by atoms with Crippen LogP contribution in [-0.4, -0.2) is 115 Å². The van der Waals surface area contributed by atoms with Gasteiger partial charge in [0.25, 0.3) is 0 Å². The molecule has 2 aliphatic rings. The van der Waals surface area contributed by atoms with Gasteiger partial charge in [0.15, 0.2) is 6.29 Å². The van der Waals surface area contributed by atoms with Gasteiger partial charge in [0, 0.05) is 6.42 Å². The number of hydrogen-bond donors (Lipinski definition) is 8. The molecule has 2 heterocycles. The first-order valence-corrected chi connectivity index (χ1v) is 11.0. The van der Waals surface area contributed by atoms with Gasteiger partial charge < -0.3 is 55.1 Å². The Morgan fingerprint density at radius 3 is 2.16 bits per heavy atom. The van der Waals surface area contributed by atoms with Crippen LogP contribution in [0.3, 0.4) is 0 Å². The Morgan fingerprint density at radius 2 is 1.55 bits per heavy atom. The lowest BCUT2D eigenvalue weighted by Crippen LogP contribution is -2.62. The quantitative estimate of drug-likeness (QED) is 0.148. The van der Waals surface area contributed by atoms with E-state index in [-0.39, 0.29) is 6.42 Å². The van der Waals surface area contributed by atoms with Crippen LogP contribution >= 0.6 is 0 Å². The van der Waals surface area contributed by atoms with Crippen LogP contribution in [0.4, 0.5) is 0 Å². The first kappa shape index (κ1) is 26.8. The Labute approximate surface area is 181 Å². The summed E-state index contributed by atoms with van der Waals surface area (Å²) in [4.78, 5) is 0. The highest BCUT2D eigenvalue weighted by Gasteiger charge is 2.58. The van der Waals surface area contributed by atoms with E-state index in [9.17, 15) is 40.9 Å². The number of ether oxygens (including phenoxy) is 3. The number of rotatable bonds is 12. The van der Waals surface area contributed by atoms with Crippen molar-refractivity contribution in [2.45, 2.75) is 113 Å². The molecule has 8 N–H and O–H groups in total. The zero-order valence-electron chi connectivity index (χ0n) is 17.9. The van der Waals surface area contributed by atoms with Crippen molar-refractivity contribution in [3.05, 3.63) is 0 Å². The lowest BCUT2D eigenvalue weighted by Gasteiger charge is -2.43. The third-order valence-corrected chi connectivity index (χ3v) is 6.04. The van der Waals surface area contributed by atoms with Crippen LogP contribution in [-0.2, 0) is 14.2 Å². The van der Waals surface area contributed by atoms with Gasteiger partial charge in [-0.1, -0.05) is 39.0 Å². The zero-order chi connectivity index (χ0) is 23.2. The van der Waals surface area contributed by atoms with Gasteiger partial charge >= 0.3 is 0 Å². The van der Waals surface area contributed by atoms with E-state index in [4.69, 9.17) is 14.2 Å². The van der Waals surface area contributed by atoms with Crippen LogP contribution in [0.15, 0.2) is 0 Å². The van der Waals surface area contributed by atoms with E-state index < -0.39 is 74.1 Å². The van der Waals surface area contributed by atoms with Gasteiger partial charge in [0.2, 0.25) is 5.79 Å². The maximum Gasteiger partial charge on any atom is 0.223 e. The smallest absolute Gasteiger partial charge is 0.223 e. The van der Waals surface area contributed by atoms with Gasteiger partial charge in [-0.05, 0) is 6.42 Å². The van der Waals surface area contributed by atoms with Crippen LogP contribution in [0.1, 0.15) is 51.9 Å². The molecule has 31 heavy (non-hydrogen) atoms. The SMILES string of the molecule is CCCCCCCC(O)C[C@H]1O[C@@](CO)(O[C@H]2O[C@H](CO)[C@@H](O)[C@H](O)[C@H]2O)[C@@H](O)[C@@H]1O. The zero-order valence-corrected chi connectivity index (χ0v) is 17.9. The van der Waals surface area contributed by atoms with E-state index in [1.165, 1.54) is 0 Å². The second-order valence-electron chi connectivity index (χ2n) is 8.47. The molecule has 2 aliphatic heterocycles. The Hall–Kier alpha value is -0.440. The minimum absolute atomic E-state index is 0.00814. The number of aliphatic hydroxyl groups is 8.